The van der Waals surface area contributed by atoms with Crippen molar-refractivity contribution in [3.63, 3.8) is 0 Å². The molecule has 3 aromatic rings. The number of aromatic nitrogens is 9. The first kappa shape index (κ1) is 131. The molecule has 0 saturated heterocycles. The number of hydrogen-bond acceptors (Lipinski definition) is 40. The Balaban J connectivity index is -0.000000140. The van der Waals surface area contributed by atoms with Gasteiger partial charge in [-0.3, -0.25) is 52.6 Å². The zero-order chi connectivity index (χ0) is 96.5. The molecule has 0 aliphatic heterocycles. The lowest BCUT2D eigenvalue weighted by Crippen LogP contribution is -2.43. The number of amides is 1. The Morgan fingerprint density at radius 2 is 0.908 bits per heavy atom. The number of anilines is 3. The molecular weight excluding hydrogens is 1860 g/mol. The predicted octanol–water partition coefficient (Wildman–Crippen LogP) is -5.00. The van der Waals surface area contributed by atoms with Crippen LogP contribution >= 0.6 is 124 Å². The minimum absolute atomic E-state index is 0.00569. The zero-order valence-electron chi connectivity index (χ0n) is 66.4. The molecule has 8 unspecified atom stereocenters. The molecule has 0 aromatic carbocycles. The first-order valence-electron chi connectivity index (χ1n) is 30.6. The predicted molar refractivity (Wildman–Crippen MR) is 466 cm³/mol. The summed E-state index contributed by atoms with van der Waals surface area (Å²) in [5.74, 6) is -7.67. The third-order valence-electron chi connectivity index (χ3n) is 9.59. The molecule has 3 aromatic heterocycles. The smallest absolute Gasteiger partial charge is 0.481 e. The summed E-state index contributed by atoms with van der Waals surface area (Å²) >= 11 is 14.9. The van der Waals surface area contributed by atoms with Crippen LogP contribution in [0.2, 0.25) is 0 Å². The number of nitrogens with zero attached hydrogens (tertiary/aromatic N) is 14. The SMILES string of the molecule is CC(=S)NCC(=O)OP.CCC(=O)O.CCC(=O)OP.CN(C)C(N)=NCC(=O)OP.CN(C)c1nc(=O)[nH]c(=O)n1CC(=O)O.CN(C)c1nc(=O)[nH]c(=O)n1CC(=O)OP.CN(C)c1nc(=O)n(C)c(=O)n1CC(=O)OP.CNC.CSC(N)=NCC(=O)OP.NC(=S)NCC(=O)OP.NCC(=O)OP.O=C(O)C(F)(F)F.O=C=NC(=O)Cl. The fraction of sp³-hybridized carbons (Fsp3) is 0.500. The summed E-state index contributed by atoms with van der Waals surface area (Å²) in [7, 11) is 32.7. The molecule has 120 heavy (non-hydrogen) atoms. The third kappa shape index (κ3) is 82.3. The molecule has 0 aliphatic carbocycles. The van der Waals surface area contributed by atoms with Crippen molar-refractivity contribution in [3.8, 4) is 0 Å². The number of halogens is 4. The van der Waals surface area contributed by atoms with Gasteiger partial charge in [-0.05, 0) is 51.1 Å². The van der Waals surface area contributed by atoms with Crippen LogP contribution in [-0.4, -0.2) is 277 Å². The maximum atomic E-state index is 11.8. The third-order valence-corrected chi connectivity index (χ3v) is 12.6. The van der Waals surface area contributed by atoms with E-state index in [1.807, 2.05) is 80.9 Å². The lowest BCUT2D eigenvalue weighted by molar-refractivity contribution is -0.192. The number of amidine groups is 1. The second-order valence-corrected chi connectivity index (χ2v) is 23.8. The molecule has 686 valence electrons. The average molecular weight is 1960 g/mol. The number of alkyl halides is 3. The summed E-state index contributed by atoms with van der Waals surface area (Å²) < 4.78 is 69.5. The number of thioether (sulfide) groups is 1. The molecule has 8 atom stereocenters. The number of nitrogens with one attached hydrogen (secondary N) is 5. The number of guanidine groups is 1. The average Bonchev–Trinajstić information content (AvgIpc) is 0.823. The number of isocyanates is 1. The number of H-pyrrole nitrogens is 2. The molecule has 0 fully saturated rings. The van der Waals surface area contributed by atoms with Crippen molar-refractivity contribution in [2.45, 2.75) is 59.4 Å². The summed E-state index contributed by atoms with van der Waals surface area (Å²) in [6.45, 7) is 3.90. The highest BCUT2D eigenvalue weighted by Crippen LogP contribution is 2.13. The van der Waals surface area contributed by atoms with Gasteiger partial charge in [-0.1, -0.05) is 37.8 Å². The van der Waals surface area contributed by atoms with Crippen molar-refractivity contribution in [1.29, 1.82) is 0 Å². The van der Waals surface area contributed by atoms with E-state index in [9.17, 15) is 94.7 Å². The fourth-order valence-corrected chi connectivity index (χ4v) is 5.62. The van der Waals surface area contributed by atoms with Crippen molar-refractivity contribution in [1.82, 2.24) is 64.0 Å². The first-order chi connectivity index (χ1) is 55.4. The zero-order valence-corrected chi connectivity index (χ0v) is 78.8. The van der Waals surface area contributed by atoms with Gasteiger partial charge < -0.3 is 110 Å². The fourth-order valence-electron chi connectivity index (χ4n) is 4.52. The molecule has 0 aliphatic rings. The molecule has 68 heteroatoms. The first-order valence-corrected chi connectivity index (χ1v) is 36.7. The number of aliphatic carboxylic acids is 3. The monoisotopic (exact) mass is 1960 g/mol. The van der Waals surface area contributed by atoms with Crippen molar-refractivity contribution >= 4 is 240 Å². The van der Waals surface area contributed by atoms with Gasteiger partial charge in [0, 0.05) is 76.3 Å². The van der Waals surface area contributed by atoms with E-state index >= 15 is 0 Å². The van der Waals surface area contributed by atoms with Crippen LogP contribution in [0.25, 0.3) is 0 Å². The molecule has 0 saturated carbocycles. The number of carbonyl (C=O) groups excluding carboxylic acids is 10. The van der Waals surface area contributed by atoms with Crippen LogP contribution in [0.1, 0.15) is 33.6 Å². The molecule has 0 bridgehead atoms. The lowest BCUT2D eigenvalue weighted by atomic mass is 10.5. The van der Waals surface area contributed by atoms with Gasteiger partial charge >= 0.3 is 111 Å². The van der Waals surface area contributed by atoms with Gasteiger partial charge in [-0.25, -0.2) is 76.7 Å². The van der Waals surface area contributed by atoms with Crippen molar-refractivity contribution in [3.05, 3.63) is 62.9 Å². The second kappa shape index (κ2) is 80.6. The van der Waals surface area contributed by atoms with Gasteiger partial charge in [-0.2, -0.15) is 28.1 Å². The van der Waals surface area contributed by atoms with Gasteiger partial charge in [0.1, 0.15) is 45.8 Å². The van der Waals surface area contributed by atoms with Gasteiger partial charge in [0.25, 0.3) is 0 Å². The standard InChI is InChI=1S/C8H13N4O4P.C7H11N4O4P.C7H10N4O4.C5H12N3O2P.C4H9N2O2PS.C4H8NO2PS.C3H7N2O2PS.C3H7O2P.C3H6O2.C2ClNO2.C2HF3O2.C2H6NO2P.C2H7N/c1-10(2)6-9-7(14)11(3)8(15)12(6)4-5(13)16-17;1-10(2)6-8-5(13)9-7(14)11(6)3-4(12)15-16;1-10(2)6-8-5(14)9-7(15)11(6)3-4(12)13;1-8(2)5(6)7-3-4(9)10-11;1-10-4(5)6-2-3(7)8-9;1-3(9)5-2-4(6)7-8;4-3(9)5-1-2(6)7-8;1-2-3(4)5-6;1-2-3(4)5;3-2(6)4-1-5;3-2(4,5)1(6)7;3-1-2(4)5-6;1-3-2/h4,17H2,1-3H3;3,16H2,1-2H3,(H,9,13,14);3H2,1-2H3,(H,12,13)(H,9,14,15);3,11H2,1-2H3,(H2,6,7);2,9H2,1H3,(H2,5,6);2,8H2,1H3,(H,5,9);1,8H2,(H3,4,5,9);2,6H2,1H3;2H2,1H3,(H,4,5);;(H,6,7);1,3,6H2;3H,1-2H3. The molecule has 3 heterocycles. The van der Waals surface area contributed by atoms with Gasteiger partial charge in [0.15, 0.2) is 16.2 Å². The van der Waals surface area contributed by atoms with Crippen LogP contribution in [0.5, 0.6) is 0 Å². The van der Waals surface area contributed by atoms with Crippen LogP contribution in [-0.2, 0) is 120 Å². The van der Waals surface area contributed by atoms with Crippen LogP contribution < -0.4 is 87.7 Å². The number of rotatable bonds is 20. The number of hydrogen-bond donors (Lipinski definition) is 12. The Labute approximate surface area is 718 Å². The summed E-state index contributed by atoms with van der Waals surface area (Å²) in [6, 6.07) is 0. The number of thiocarbonyl (C=S) groups is 2. The van der Waals surface area contributed by atoms with E-state index in [1.165, 1.54) is 33.5 Å². The van der Waals surface area contributed by atoms with Crippen LogP contribution in [0.3, 0.4) is 0 Å². The van der Waals surface area contributed by atoms with E-state index in [2.05, 4.69) is 118 Å². The van der Waals surface area contributed by atoms with E-state index in [-0.39, 0.29) is 87.1 Å². The number of carboxylic acid groups (broad SMARTS) is 3. The second-order valence-electron chi connectivity index (χ2n) is 19.7. The molecule has 53 nitrogen and oxygen atoms in total. The number of aromatic amines is 2. The number of nitrogens with two attached hydrogens (primary N) is 4. The number of aliphatic imine (C=N–C) groups is 3. The molecule has 1 amide bonds. The normalized spacial score (nSPS) is 9.37. The van der Waals surface area contributed by atoms with E-state index in [1.54, 1.807) is 107 Å². The topological polar surface area (TPSA) is 739 Å². The Bertz CT molecular complexity index is 4130. The van der Waals surface area contributed by atoms with E-state index in [0.29, 0.717) is 22.5 Å². The highest BCUT2D eigenvalue weighted by Gasteiger charge is 2.38. The number of carbonyl (C=O) groups is 12. The van der Waals surface area contributed by atoms with E-state index < -0.39 is 106 Å². The summed E-state index contributed by atoms with van der Waals surface area (Å²) in [5, 5.41) is 30.7. The summed E-state index contributed by atoms with van der Waals surface area (Å²) in [6.07, 6.45) is -1.67. The van der Waals surface area contributed by atoms with Gasteiger partial charge in [0.2, 0.25) is 23.9 Å². The highest BCUT2D eigenvalue weighted by atomic mass is 35.5. The minimum atomic E-state index is -5.08. The molecule has 3 rings (SSSR count). The van der Waals surface area contributed by atoms with Crippen LogP contribution in [0.4, 0.5) is 35.8 Å². The Kier molecular flexibility index (Phi) is 88.2. The minimum Gasteiger partial charge on any atom is -0.481 e. The largest absolute Gasteiger partial charge is 0.490 e. The van der Waals surface area contributed by atoms with E-state index in [0.717, 1.165) is 24.3 Å². The van der Waals surface area contributed by atoms with Crippen LogP contribution in [0.15, 0.2) is 43.7 Å². The molecule has 16 N–H and O–H groups in total. The Hall–Kier alpha value is -9.44. The van der Waals surface area contributed by atoms with Gasteiger partial charge in [0.05, 0.1) is 87.3 Å². The van der Waals surface area contributed by atoms with Crippen molar-refractivity contribution in [2.24, 2.45) is 45.0 Å². The van der Waals surface area contributed by atoms with Crippen molar-refractivity contribution in [2.75, 3.05) is 124 Å². The maximum absolute atomic E-state index is 11.8. The molecule has 0 spiro atoms. The molecular formula is C52H97ClF3N23O30P8S3. The quantitative estimate of drug-likeness (QED) is 0.00958. The van der Waals surface area contributed by atoms with Gasteiger partial charge in [-0.15, -0.1) is 4.99 Å². The summed E-state index contributed by atoms with van der Waals surface area (Å²) in [4.78, 5) is 229. The number of carboxylic acids is 3. The maximum Gasteiger partial charge on any atom is 0.490 e. The van der Waals surface area contributed by atoms with Crippen molar-refractivity contribution < 1.29 is 127 Å². The Morgan fingerprint density at radius 1 is 0.575 bits per heavy atom. The lowest BCUT2D eigenvalue weighted by Gasteiger charge is -2.16. The van der Waals surface area contributed by atoms with E-state index in [4.69, 9.17) is 47.8 Å². The van der Waals surface area contributed by atoms with Crippen LogP contribution in [0, 0.1) is 0 Å². The summed E-state index contributed by atoms with van der Waals surface area (Å²) in [5.41, 5.74) is 16.1. The Morgan fingerprint density at radius 3 is 1.15 bits per heavy atom. The highest BCUT2D eigenvalue weighted by molar-refractivity contribution is 8.13. The molecule has 0 radical (unpaired) electrons.